The number of nitrogens with zero attached hydrogens (tertiary/aromatic N) is 2. The van der Waals surface area contributed by atoms with Crippen molar-refractivity contribution in [2.24, 2.45) is 0 Å². The molecule has 0 amide bonds. The van der Waals surface area contributed by atoms with E-state index in [9.17, 15) is 0 Å². The number of ether oxygens (including phenoxy) is 1. The smallest absolute Gasteiger partial charge is 0.246 e. The van der Waals surface area contributed by atoms with E-state index in [0.717, 1.165) is 16.5 Å². The quantitative estimate of drug-likeness (QED) is 0.693. The summed E-state index contributed by atoms with van der Waals surface area (Å²) in [6.45, 7) is 2.03. The highest BCUT2D eigenvalue weighted by molar-refractivity contribution is 6.34. The molecule has 2 aromatic carbocycles. The van der Waals surface area contributed by atoms with Crippen molar-refractivity contribution in [1.82, 2.24) is 10.2 Å². The Morgan fingerprint density at radius 2 is 1.58 bits per heavy atom. The number of fused-ring (bicyclic) bond motifs is 1. The van der Waals surface area contributed by atoms with Gasteiger partial charge in [-0.05, 0) is 25.1 Å². The van der Waals surface area contributed by atoms with Crippen molar-refractivity contribution < 1.29 is 4.74 Å². The molecule has 3 rings (SSSR count). The average molecular weight is 271 g/mol. The van der Waals surface area contributed by atoms with Crippen LogP contribution in [-0.4, -0.2) is 10.2 Å². The molecule has 4 heteroatoms. The lowest BCUT2D eigenvalue weighted by molar-refractivity contribution is 0.462. The molecule has 0 aliphatic heterocycles. The van der Waals surface area contributed by atoms with Gasteiger partial charge in [-0.1, -0.05) is 47.5 Å². The Bertz CT molecular complexity index is 726. The van der Waals surface area contributed by atoms with Gasteiger partial charge in [0.1, 0.15) is 5.75 Å². The fraction of sp³-hybridized carbons (Fsp3) is 0.0667. The van der Waals surface area contributed by atoms with Gasteiger partial charge < -0.3 is 4.74 Å². The van der Waals surface area contributed by atoms with E-state index in [2.05, 4.69) is 10.2 Å². The zero-order valence-corrected chi connectivity index (χ0v) is 11.1. The van der Waals surface area contributed by atoms with Crippen molar-refractivity contribution in [3.63, 3.8) is 0 Å². The summed E-state index contributed by atoms with van der Waals surface area (Å²) in [5, 5.41) is 10.00. The van der Waals surface area contributed by atoms with Gasteiger partial charge in [-0.3, -0.25) is 0 Å². The molecule has 0 aliphatic carbocycles. The minimum atomic E-state index is 0.381. The van der Waals surface area contributed by atoms with E-state index in [1.165, 1.54) is 5.56 Å². The van der Waals surface area contributed by atoms with Crippen molar-refractivity contribution in [1.29, 1.82) is 0 Å². The van der Waals surface area contributed by atoms with Gasteiger partial charge in [0, 0.05) is 10.8 Å². The lowest BCUT2D eigenvalue weighted by atomic mass is 10.2. The molecule has 0 saturated heterocycles. The Hall–Kier alpha value is -2.13. The lowest BCUT2D eigenvalue weighted by Crippen LogP contribution is -1.93. The van der Waals surface area contributed by atoms with Crippen LogP contribution in [0.3, 0.4) is 0 Å². The molecule has 0 atom stereocenters. The molecule has 1 aromatic heterocycles. The molecule has 3 aromatic rings. The van der Waals surface area contributed by atoms with Crippen molar-refractivity contribution in [3.8, 4) is 11.6 Å². The number of halogens is 1. The Morgan fingerprint density at radius 1 is 0.895 bits per heavy atom. The molecule has 94 valence electrons. The largest absolute Gasteiger partial charge is 0.437 e. The third kappa shape index (κ3) is 2.37. The van der Waals surface area contributed by atoms with Crippen LogP contribution in [0.2, 0.25) is 5.15 Å². The van der Waals surface area contributed by atoms with Crippen molar-refractivity contribution in [2.75, 3.05) is 0 Å². The van der Waals surface area contributed by atoms with Gasteiger partial charge in [0.2, 0.25) is 5.88 Å². The van der Waals surface area contributed by atoms with Gasteiger partial charge in [0.15, 0.2) is 5.15 Å². The lowest BCUT2D eigenvalue weighted by Gasteiger charge is -2.07. The topological polar surface area (TPSA) is 35.0 Å². The molecular weight excluding hydrogens is 260 g/mol. The van der Waals surface area contributed by atoms with Crippen LogP contribution >= 0.6 is 11.6 Å². The molecule has 19 heavy (non-hydrogen) atoms. The normalized spacial score (nSPS) is 10.6. The first-order valence-electron chi connectivity index (χ1n) is 5.89. The Morgan fingerprint density at radius 3 is 2.32 bits per heavy atom. The number of aryl methyl sites for hydroxylation is 1. The molecule has 0 bridgehead atoms. The average Bonchev–Trinajstić information content (AvgIpc) is 2.45. The summed E-state index contributed by atoms with van der Waals surface area (Å²) in [7, 11) is 0. The van der Waals surface area contributed by atoms with Crippen LogP contribution in [0.15, 0.2) is 48.5 Å². The second-order valence-corrected chi connectivity index (χ2v) is 4.61. The van der Waals surface area contributed by atoms with Crippen molar-refractivity contribution in [3.05, 3.63) is 59.2 Å². The first-order chi connectivity index (χ1) is 9.24. The second-order valence-electron chi connectivity index (χ2n) is 4.26. The van der Waals surface area contributed by atoms with E-state index >= 15 is 0 Å². The molecule has 0 fully saturated rings. The Balaban J connectivity index is 2.06. The number of hydrogen-bond acceptors (Lipinski definition) is 3. The van der Waals surface area contributed by atoms with Crippen LogP contribution in [-0.2, 0) is 0 Å². The monoisotopic (exact) mass is 270 g/mol. The highest BCUT2D eigenvalue weighted by Gasteiger charge is 2.09. The number of rotatable bonds is 2. The summed E-state index contributed by atoms with van der Waals surface area (Å²) >= 11 is 6.02. The minimum Gasteiger partial charge on any atom is -0.437 e. The van der Waals surface area contributed by atoms with Gasteiger partial charge in [-0.15, -0.1) is 10.2 Å². The molecule has 1 heterocycles. The Kier molecular flexibility index (Phi) is 3.05. The zero-order chi connectivity index (χ0) is 13.2. The van der Waals surface area contributed by atoms with E-state index in [4.69, 9.17) is 16.3 Å². The standard InChI is InChI=1S/C15H11ClN2O/c1-10-6-8-11(9-7-10)19-15-13-5-3-2-4-12(13)14(16)17-18-15/h2-9H,1H3. The van der Waals surface area contributed by atoms with Crippen molar-refractivity contribution in [2.45, 2.75) is 6.92 Å². The van der Waals surface area contributed by atoms with E-state index in [1.807, 2.05) is 55.5 Å². The third-order valence-corrected chi connectivity index (χ3v) is 3.12. The summed E-state index contributed by atoms with van der Waals surface area (Å²) in [6, 6.07) is 15.4. The maximum atomic E-state index is 6.02. The SMILES string of the molecule is Cc1ccc(Oc2nnc(Cl)c3ccccc23)cc1. The van der Waals surface area contributed by atoms with Gasteiger partial charge in [0.25, 0.3) is 0 Å². The third-order valence-electron chi connectivity index (χ3n) is 2.84. The van der Waals surface area contributed by atoms with Gasteiger partial charge in [-0.2, -0.15) is 0 Å². The fourth-order valence-corrected chi connectivity index (χ4v) is 2.04. The van der Waals surface area contributed by atoms with Crippen LogP contribution < -0.4 is 4.74 Å². The van der Waals surface area contributed by atoms with E-state index in [-0.39, 0.29) is 0 Å². The van der Waals surface area contributed by atoms with Crippen LogP contribution in [0, 0.1) is 6.92 Å². The van der Waals surface area contributed by atoms with Crippen molar-refractivity contribution >= 4 is 22.4 Å². The predicted octanol–water partition coefficient (Wildman–Crippen LogP) is 4.38. The summed E-state index contributed by atoms with van der Waals surface area (Å²) in [6.07, 6.45) is 0. The zero-order valence-electron chi connectivity index (χ0n) is 10.3. The van der Waals surface area contributed by atoms with Gasteiger partial charge in [0.05, 0.1) is 0 Å². The van der Waals surface area contributed by atoms with E-state index in [1.54, 1.807) is 0 Å². The van der Waals surface area contributed by atoms with Crippen LogP contribution in [0.1, 0.15) is 5.56 Å². The molecule has 0 aliphatic rings. The first-order valence-corrected chi connectivity index (χ1v) is 6.27. The van der Waals surface area contributed by atoms with Gasteiger partial charge >= 0.3 is 0 Å². The summed E-state index contributed by atoms with van der Waals surface area (Å²) in [4.78, 5) is 0. The molecule has 3 nitrogen and oxygen atoms in total. The predicted molar refractivity (Wildman–Crippen MR) is 75.8 cm³/mol. The van der Waals surface area contributed by atoms with Crippen LogP contribution in [0.25, 0.3) is 10.8 Å². The maximum absolute atomic E-state index is 6.02. The summed E-state index contributed by atoms with van der Waals surface area (Å²) in [5.74, 6) is 1.19. The number of hydrogen-bond donors (Lipinski definition) is 0. The second kappa shape index (κ2) is 4.86. The molecule has 0 unspecified atom stereocenters. The highest BCUT2D eigenvalue weighted by Crippen LogP contribution is 2.30. The molecule has 0 radical (unpaired) electrons. The summed E-state index contributed by atoms with van der Waals surface area (Å²) in [5.41, 5.74) is 1.18. The highest BCUT2D eigenvalue weighted by atomic mass is 35.5. The van der Waals surface area contributed by atoms with E-state index in [0.29, 0.717) is 11.0 Å². The minimum absolute atomic E-state index is 0.381. The molecule has 0 spiro atoms. The number of aromatic nitrogens is 2. The first kappa shape index (κ1) is 11.9. The summed E-state index contributed by atoms with van der Waals surface area (Å²) < 4.78 is 5.77. The molecular formula is C15H11ClN2O. The fourth-order valence-electron chi connectivity index (χ4n) is 1.84. The number of benzene rings is 2. The van der Waals surface area contributed by atoms with E-state index < -0.39 is 0 Å². The van der Waals surface area contributed by atoms with Crippen LogP contribution in [0.4, 0.5) is 0 Å². The van der Waals surface area contributed by atoms with Crippen LogP contribution in [0.5, 0.6) is 11.6 Å². The molecule has 0 N–H and O–H groups in total. The van der Waals surface area contributed by atoms with Gasteiger partial charge in [-0.25, -0.2) is 0 Å². The Labute approximate surface area is 115 Å². The maximum Gasteiger partial charge on any atom is 0.246 e. The molecule has 0 saturated carbocycles.